The molecule has 0 aromatic carbocycles. The van der Waals surface area contributed by atoms with Crippen molar-refractivity contribution in [3.63, 3.8) is 0 Å². The van der Waals surface area contributed by atoms with Crippen LogP contribution < -0.4 is 0 Å². The summed E-state index contributed by atoms with van der Waals surface area (Å²) in [5.41, 5.74) is 1.46. The number of nitrogens with zero attached hydrogens (tertiary/aromatic N) is 1. The van der Waals surface area contributed by atoms with Gasteiger partial charge in [-0.25, -0.2) is 0 Å². The Morgan fingerprint density at radius 3 is 2.70 bits per heavy atom. The quantitative estimate of drug-likeness (QED) is 0.422. The molecule has 0 aromatic heterocycles. The number of Topliss-reactive ketones (excluding diaryl/α,β-unsaturated/α-hetero) is 1. The van der Waals surface area contributed by atoms with E-state index in [1.165, 1.54) is 12.8 Å². The van der Waals surface area contributed by atoms with Crippen LogP contribution in [0, 0.1) is 28.6 Å². The van der Waals surface area contributed by atoms with Gasteiger partial charge in [0.25, 0.3) is 0 Å². The first-order valence-corrected chi connectivity index (χ1v) is 8.93. The minimum atomic E-state index is -0.601. The van der Waals surface area contributed by atoms with E-state index in [1.807, 2.05) is 6.92 Å². The molecule has 0 amide bonds. The van der Waals surface area contributed by atoms with Crippen molar-refractivity contribution in [2.75, 3.05) is 0 Å². The molecule has 0 bridgehead atoms. The van der Waals surface area contributed by atoms with Crippen molar-refractivity contribution in [3.8, 4) is 0 Å². The molecular weight excluding hydrogens is 290 g/mol. The largest absolute Gasteiger partial charge is 0.411 e. The molecule has 0 aliphatic heterocycles. The lowest BCUT2D eigenvalue weighted by atomic mass is 9.46. The van der Waals surface area contributed by atoms with Gasteiger partial charge in [-0.3, -0.25) is 9.59 Å². The fourth-order valence-electron chi connectivity index (χ4n) is 6.27. The molecule has 3 saturated carbocycles. The van der Waals surface area contributed by atoms with Gasteiger partial charge in [0.2, 0.25) is 11.6 Å². The summed E-state index contributed by atoms with van der Waals surface area (Å²) in [7, 11) is 0. The molecule has 1 unspecified atom stereocenters. The van der Waals surface area contributed by atoms with E-state index in [9.17, 15) is 14.8 Å². The van der Waals surface area contributed by atoms with Gasteiger partial charge in [0, 0.05) is 5.92 Å². The Kier molecular flexibility index (Phi) is 3.14. The Labute approximate surface area is 137 Å². The van der Waals surface area contributed by atoms with Gasteiger partial charge < -0.3 is 5.21 Å². The molecule has 0 radical (unpaired) electrons. The second-order valence-electron chi connectivity index (χ2n) is 8.48. The van der Waals surface area contributed by atoms with Gasteiger partial charge in [0.05, 0.1) is 11.1 Å². The van der Waals surface area contributed by atoms with Gasteiger partial charge in [-0.1, -0.05) is 24.9 Å². The number of fused-ring (bicyclic) bond motifs is 5. The van der Waals surface area contributed by atoms with E-state index in [0.717, 1.165) is 37.0 Å². The number of hydrogen-bond acceptors (Lipinski definition) is 4. The van der Waals surface area contributed by atoms with Crippen molar-refractivity contribution in [1.29, 1.82) is 0 Å². The van der Waals surface area contributed by atoms with Crippen molar-refractivity contribution in [3.05, 3.63) is 11.6 Å². The molecule has 4 aliphatic rings. The molecule has 3 fully saturated rings. The molecule has 4 nitrogen and oxygen atoms in total. The molecule has 5 atom stereocenters. The molecule has 0 spiro atoms. The zero-order valence-corrected chi connectivity index (χ0v) is 14.0. The van der Waals surface area contributed by atoms with Crippen molar-refractivity contribution < 1.29 is 14.8 Å². The number of ketones is 2. The van der Waals surface area contributed by atoms with Crippen LogP contribution in [0.5, 0.6) is 0 Å². The summed E-state index contributed by atoms with van der Waals surface area (Å²) < 4.78 is 0. The highest BCUT2D eigenvalue weighted by Crippen LogP contribution is 2.63. The zero-order valence-electron chi connectivity index (χ0n) is 14.0. The number of hydrogen-bond donors (Lipinski definition) is 1. The lowest BCUT2D eigenvalue weighted by molar-refractivity contribution is -0.138. The minimum Gasteiger partial charge on any atom is -0.411 e. The molecule has 1 N–H and O–H groups in total. The Balaban J connectivity index is 1.80. The van der Waals surface area contributed by atoms with E-state index >= 15 is 0 Å². The third-order valence-corrected chi connectivity index (χ3v) is 7.55. The van der Waals surface area contributed by atoms with Crippen molar-refractivity contribution in [2.45, 2.75) is 58.8 Å². The van der Waals surface area contributed by atoms with Crippen LogP contribution in [0.4, 0.5) is 0 Å². The van der Waals surface area contributed by atoms with E-state index in [0.29, 0.717) is 18.3 Å². The Bertz CT molecular complexity index is 649. The maximum atomic E-state index is 12.4. The smallest absolute Gasteiger partial charge is 0.222 e. The van der Waals surface area contributed by atoms with E-state index in [1.54, 1.807) is 6.08 Å². The molecule has 4 heteroatoms. The molecule has 23 heavy (non-hydrogen) atoms. The second-order valence-corrected chi connectivity index (χ2v) is 8.48. The number of carbonyl (C=O) groups excluding carboxylic acids is 2. The molecule has 124 valence electrons. The van der Waals surface area contributed by atoms with Crippen molar-refractivity contribution >= 4 is 17.3 Å². The average Bonchev–Trinajstić information content (AvgIpc) is 2.77. The predicted molar refractivity (Wildman–Crippen MR) is 86.3 cm³/mol. The number of oxime groups is 1. The van der Waals surface area contributed by atoms with Crippen LogP contribution in [0.15, 0.2) is 16.8 Å². The highest BCUT2D eigenvalue weighted by atomic mass is 16.4. The SMILES string of the molecule is C[C@]12CC[C@H]3[C@@H](CC(=NO)C4CCCC[C@@]43C)C1=CC(=O)C2=O. The lowest BCUT2D eigenvalue weighted by Crippen LogP contribution is -2.54. The number of carbonyl (C=O) groups is 2. The topological polar surface area (TPSA) is 66.7 Å². The van der Waals surface area contributed by atoms with E-state index < -0.39 is 5.41 Å². The Morgan fingerprint density at radius 1 is 1.17 bits per heavy atom. The third-order valence-electron chi connectivity index (χ3n) is 7.55. The monoisotopic (exact) mass is 315 g/mol. The molecular formula is C19H25NO3. The van der Waals surface area contributed by atoms with Crippen LogP contribution in [-0.2, 0) is 9.59 Å². The summed E-state index contributed by atoms with van der Waals surface area (Å²) in [5.74, 6) is 0.483. The van der Waals surface area contributed by atoms with Gasteiger partial charge in [0.1, 0.15) is 0 Å². The van der Waals surface area contributed by atoms with Gasteiger partial charge in [-0.2, -0.15) is 0 Å². The van der Waals surface area contributed by atoms with Gasteiger partial charge >= 0.3 is 0 Å². The highest BCUT2D eigenvalue weighted by molar-refractivity contribution is 6.46. The summed E-state index contributed by atoms with van der Waals surface area (Å²) >= 11 is 0. The van der Waals surface area contributed by atoms with Crippen LogP contribution in [-0.4, -0.2) is 22.5 Å². The predicted octanol–water partition coefficient (Wildman–Crippen LogP) is 3.53. The fraction of sp³-hybridized carbons (Fsp3) is 0.737. The molecule has 4 aliphatic carbocycles. The van der Waals surface area contributed by atoms with Crippen LogP contribution >= 0.6 is 0 Å². The standard InChI is InChI=1S/C19H25NO3/c1-18-7-4-3-5-13(18)15(20-23)9-11-12(18)6-8-19(2)14(11)10-16(21)17(19)22/h10-13,23H,3-9H2,1-2H3/t11-,12+,13?,18-,19+/m1/s1. The van der Waals surface area contributed by atoms with Gasteiger partial charge in [0.15, 0.2) is 0 Å². The number of allylic oxidation sites excluding steroid dienone is 2. The maximum Gasteiger partial charge on any atom is 0.222 e. The summed E-state index contributed by atoms with van der Waals surface area (Å²) in [4.78, 5) is 24.4. The van der Waals surface area contributed by atoms with E-state index in [2.05, 4.69) is 12.1 Å². The molecule has 0 heterocycles. The summed E-state index contributed by atoms with van der Waals surface area (Å²) in [6.45, 7) is 4.29. The molecule has 0 aromatic rings. The average molecular weight is 315 g/mol. The first kappa shape index (κ1) is 15.1. The van der Waals surface area contributed by atoms with E-state index in [-0.39, 0.29) is 22.9 Å². The zero-order chi connectivity index (χ0) is 16.4. The first-order valence-electron chi connectivity index (χ1n) is 8.93. The molecule has 0 saturated heterocycles. The van der Waals surface area contributed by atoms with Crippen LogP contribution in [0.3, 0.4) is 0 Å². The maximum absolute atomic E-state index is 12.4. The third kappa shape index (κ3) is 1.81. The van der Waals surface area contributed by atoms with Crippen LogP contribution in [0.25, 0.3) is 0 Å². The lowest BCUT2D eigenvalue weighted by Gasteiger charge is -2.57. The molecule has 4 rings (SSSR count). The Hall–Kier alpha value is -1.45. The summed E-state index contributed by atoms with van der Waals surface area (Å²) in [6.07, 6.45) is 8.81. The van der Waals surface area contributed by atoms with Crippen molar-refractivity contribution in [1.82, 2.24) is 0 Å². The summed E-state index contributed by atoms with van der Waals surface area (Å²) in [6, 6.07) is 0. The van der Waals surface area contributed by atoms with Gasteiger partial charge in [-0.05, 0) is 67.9 Å². The fourth-order valence-corrected chi connectivity index (χ4v) is 6.27. The summed E-state index contributed by atoms with van der Waals surface area (Å²) in [5, 5.41) is 13.2. The minimum absolute atomic E-state index is 0.138. The Morgan fingerprint density at radius 2 is 1.96 bits per heavy atom. The second kappa shape index (κ2) is 4.78. The van der Waals surface area contributed by atoms with Crippen molar-refractivity contribution in [2.24, 2.45) is 33.7 Å². The van der Waals surface area contributed by atoms with Crippen LogP contribution in [0.2, 0.25) is 0 Å². The normalized spacial score (nSPS) is 47.8. The van der Waals surface area contributed by atoms with Crippen LogP contribution in [0.1, 0.15) is 58.8 Å². The van der Waals surface area contributed by atoms with E-state index in [4.69, 9.17) is 0 Å². The highest BCUT2D eigenvalue weighted by Gasteiger charge is 2.60. The number of rotatable bonds is 0. The van der Waals surface area contributed by atoms with Gasteiger partial charge in [-0.15, -0.1) is 0 Å². The first-order chi connectivity index (χ1) is 10.9.